The maximum absolute atomic E-state index is 9.45. The van der Waals surface area contributed by atoms with Gasteiger partial charge in [-0.3, -0.25) is 9.59 Å². The van der Waals surface area contributed by atoms with Gasteiger partial charge < -0.3 is 12.9 Å². The molecule has 0 spiro atoms. The van der Waals surface area contributed by atoms with E-state index >= 15 is 0 Å². The molecule has 0 saturated carbocycles. The summed E-state index contributed by atoms with van der Waals surface area (Å²) < 4.78 is 0. The molecule has 0 aromatic rings. The fourth-order valence-corrected chi connectivity index (χ4v) is 0. The number of carbonyl (C=O) groups excluding carboxylic acids is 2. The SMILES string of the molecule is NC(=O)C(N)=O.[H-].[Na+]. The van der Waals surface area contributed by atoms with E-state index in [-0.39, 0.29) is 31.0 Å². The third-order valence-corrected chi connectivity index (χ3v) is 0.243. The van der Waals surface area contributed by atoms with Crippen LogP contribution in [0.15, 0.2) is 0 Å². The first-order valence-electron chi connectivity index (χ1n) is 1.24. The molecular formula is C2H5N2NaO2. The van der Waals surface area contributed by atoms with Gasteiger partial charge in [-0.15, -0.1) is 0 Å². The van der Waals surface area contributed by atoms with Crippen LogP contribution in [0.3, 0.4) is 0 Å². The molecule has 0 atom stereocenters. The minimum atomic E-state index is -1.10. The Bertz CT molecular complexity index is 84.0. The van der Waals surface area contributed by atoms with Crippen molar-refractivity contribution in [3.8, 4) is 0 Å². The van der Waals surface area contributed by atoms with Gasteiger partial charge in [-0.05, 0) is 0 Å². The van der Waals surface area contributed by atoms with Crippen LogP contribution >= 0.6 is 0 Å². The molecular weight excluding hydrogens is 107 g/mol. The molecule has 0 bridgehead atoms. The predicted molar refractivity (Wildman–Crippen MR) is 19.5 cm³/mol. The third-order valence-electron chi connectivity index (χ3n) is 0.243. The minimum Gasteiger partial charge on any atom is -1.00 e. The first-order valence-corrected chi connectivity index (χ1v) is 1.24. The summed E-state index contributed by atoms with van der Waals surface area (Å²) in [6, 6.07) is 0. The summed E-state index contributed by atoms with van der Waals surface area (Å²) in [5, 5.41) is 0. The zero-order valence-electron chi connectivity index (χ0n) is 4.97. The Morgan fingerprint density at radius 2 is 1.29 bits per heavy atom. The van der Waals surface area contributed by atoms with Crippen molar-refractivity contribution in [3.05, 3.63) is 0 Å². The fraction of sp³-hybridized carbons (Fsp3) is 0. The van der Waals surface area contributed by atoms with Gasteiger partial charge in [0.1, 0.15) is 0 Å². The van der Waals surface area contributed by atoms with Crippen LogP contribution in [0, 0.1) is 0 Å². The molecule has 0 aliphatic heterocycles. The van der Waals surface area contributed by atoms with Gasteiger partial charge in [0, 0.05) is 0 Å². The zero-order chi connectivity index (χ0) is 5.15. The Balaban J connectivity index is -0.000000125. The van der Waals surface area contributed by atoms with E-state index < -0.39 is 11.8 Å². The number of carbonyl (C=O) groups is 2. The van der Waals surface area contributed by atoms with Crippen LogP contribution in [0.5, 0.6) is 0 Å². The molecule has 0 saturated heterocycles. The Morgan fingerprint density at radius 1 is 1.14 bits per heavy atom. The van der Waals surface area contributed by atoms with Crippen molar-refractivity contribution in [2.24, 2.45) is 11.5 Å². The summed E-state index contributed by atoms with van der Waals surface area (Å²) in [6.07, 6.45) is 0. The van der Waals surface area contributed by atoms with E-state index in [2.05, 4.69) is 11.5 Å². The molecule has 0 radical (unpaired) electrons. The number of amides is 2. The Hall–Kier alpha value is -0.0600. The zero-order valence-corrected chi connectivity index (χ0v) is 5.97. The van der Waals surface area contributed by atoms with Crippen molar-refractivity contribution in [1.82, 2.24) is 0 Å². The second-order valence-corrected chi connectivity index (χ2v) is 0.729. The van der Waals surface area contributed by atoms with Gasteiger partial charge in [0.2, 0.25) is 0 Å². The molecule has 0 heterocycles. The Morgan fingerprint density at radius 3 is 1.29 bits per heavy atom. The van der Waals surface area contributed by atoms with Gasteiger partial charge >= 0.3 is 41.4 Å². The summed E-state index contributed by atoms with van der Waals surface area (Å²) in [5.41, 5.74) is 8.64. The normalized spacial score (nSPS) is 6.29. The Kier molecular flexibility index (Phi) is 5.89. The van der Waals surface area contributed by atoms with Gasteiger partial charge in [0.05, 0.1) is 0 Å². The smallest absolute Gasteiger partial charge is 1.00 e. The van der Waals surface area contributed by atoms with Crippen molar-refractivity contribution in [2.75, 3.05) is 0 Å². The first-order chi connectivity index (χ1) is 2.64. The molecule has 0 aliphatic rings. The molecule has 36 valence electrons. The summed E-state index contributed by atoms with van der Waals surface area (Å²) >= 11 is 0. The summed E-state index contributed by atoms with van der Waals surface area (Å²) in [4.78, 5) is 18.9. The summed E-state index contributed by atoms with van der Waals surface area (Å²) in [5.74, 6) is -2.20. The van der Waals surface area contributed by atoms with Gasteiger partial charge in [0.15, 0.2) is 0 Å². The topological polar surface area (TPSA) is 86.2 Å². The maximum atomic E-state index is 9.45. The second-order valence-electron chi connectivity index (χ2n) is 0.729. The van der Waals surface area contributed by atoms with Crippen LogP contribution in [0.25, 0.3) is 0 Å². The van der Waals surface area contributed by atoms with Gasteiger partial charge in [0.25, 0.3) is 0 Å². The molecule has 0 aromatic carbocycles. The van der Waals surface area contributed by atoms with Crippen molar-refractivity contribution < 1.29 is 40.6 Å². The van der Waals surface area contributed by atoms with E-state index in [1.54, 1.807) is 0 Å². The van der Waals surface area contributed by atoms with E-state index in [0.717, 1.165) is 0 Å². The molecule has 0 rings (SSSR count). The van der Waals surface area contributed by atoms with Gasteiger partial charge in [-0.2, -0.15) is 0 Å². The predicted octanol–water partition coefficient (Wildman–Crippen LogP) is -4.93. The standard InChI is InChI=1S/C2H4N2O2.Na.H/c3-1(5)2(4)6;;/h(H2,3,5)(H2,4,6);;/q;+1;-1. The van der Waals surface area contributed by atoms with Crippen LogP contribution in [0.2, 0.25) is 0 Å². The van der Waals surface area contributed by atoms with Crippen LogP contribution in [-0.4, -0.2) is 11.8 Å². The van der Waals surface area contributed by atoms with Crippen molar-refractivity contribution in [2.45, 2.75) is 0 Å². The first kappa shape index (κ1) is 10.0. The van der Waals surface area contributed by atoms with Crippen LogP contribution < -0.4 is 41.0 Å². The second kappa shape index (κ2) is 4.11. The quantitative estimate of drug-likeness (QED) is 0.243. The molecule has 0 fully saturated rings. The van der Waals surface area contributed by atoms with Crippen molar-refractivity contribution >= 4 is 11.8 Å². The average molecular weight is 112 g/mol. The maximum Gasteiger partial charge on any atom is 1.00 e. The largest absolute Gasteiger partial charge is 1.00 e. The fourth-order valence-electron chi connectivity index (χ4n) is 0. The number of primary amides is 2. The van der Waals surface area contributed by atoms with E-state index in [1.165, 1.54) is 0 Å². The number of hydrogen-bond donors (Lipinski definition) is 2. The van der Waals surface area contributed by atoms with Gasteiger partial charge in [-0.1, -0.05) is 0 Å². The van der Waals surface area contributed by atoms with Crippen LogP contribution in [0.1, 0.15) is 1.43 Å². The van der Waals surface area contributed by atoms with E-state index in [4.69, 9.17) is 0 Å². The molecule has 4 N–H and O–H groups in total. The average Bonchev–Trinajstić information content (AvgIpc) is 1.36. The van der Waals surface area contributed by atoms with Crippen LogP contribution in [-0.2, 0) is 9.59 Å². The third kappa shape index (κ3) is 5.94. The molecule has 4 nitrogen and oxygen atoms in total. The van der Waals surface area contributed by atoms with Crippen LogP contribution in [0.4, 0.5) is 0 Å². The molecule has 2 amide bonds. The summed E-state index contributed by atoms with van der Waals surface area (Å²) in [7, 11) is 0. The van der Waals surface area contributed by atoms with E-state index in [0.29, 0.717) is 0 Å². The Labute approximate surface area is 64.0 Å². The van der Waals surface area contributed by atoms with Gasteiger partial charge in [-0.25, -0.2) is 0 Å². The monoisotopic (exact) mass is 112 g/mol. The molecule has 0 unspecified atom stereocenters. The summed E-state index contributed by atoms with van der Waals surface area (Å²) in [6.45, 7) is 0. The number of hydrogen-bond acceptors (Lipinski definition) is 2. The van der Waals surface area contributed by atoms with E-state index in [9.17, 15) is 9.59 Å². The number of rotatable bonds is 0. The molecule has 0 aliphatic carbocycles. The number of nitrogens with two attached hydrogens (primary N) is 2. The molecule has 5 heteroatoms. The molecule has 0 aromatic heterocycles. The minimum absolute atomic E-state index is 0. The van der Waals surface area contributed by atoms with Crippen molar-refractivity contribution in [1.29, 1.82) is 0 Å². The van der Waals surface area contributed by atoms with E-state index in [1.807, 2.05) is 0 Å². The molecule has 7 heavy (non-hydrogen) atoms. The van der Waals surface area contributed by atoms with Crippen molar-refractivity contribution in [3.63, 3.8) is 0 Å².